The number of carbonyl (C=O) groups is 3. The van der Waals surface area contributed by atoms with Crippen LogP contribution in [0.25, 0.3) is 0 Å². The Kier molecular flexibility index (Phi) is 6.59. The molecule has 8 atom stereocenters. The van der Waals surface area contributed by atoms with Crippen LogP contribution in [0.2, 0.25) is 0 Å². The second kappa shape index (κ2) is 9.37. The molecule has 0 aromatic rings. The Morgan fingerprint density at radius 1 is 1.05 bits per heavy atom. The van der Waals surface area contributed by atoms with Crippen molar-refractivity contribution >= 4 is 17.5 Å². The smallest absolute Gasteiger partial charge is 0.220 e. The maximum atomic E-state index is 14.6. The number of rotatable bonds is 4. The summed E-state index contributed by atoms with van der Waals surface area (Å²) in [7, 11) is 0. The minimum absolute atomic E-state index is 0.00523. The van der Waals surface area contributed by atoms with Crippen molar-refractivity contribution in [2.24, 2.45) is 50.7 Å². The summed E-state index contributed by atoms with van der Waals surface area (Å²) < 4.78 is 5.24. The summed E-state index contributed by atoms with van der Waals surface area (Å²) in [5.74, 6) is 0.356. The van der Waals surface area contributed by atoms with Crippen molar-refractivity contribution < 1.29 is 19.1 Å². The van der Waals surface area contributed by atoms with E-state index in [9.17, 15) is 19.6 Å². The van der Waals surface area contributed by atoms with Crippen molar-refractivity contribution in [1.82, 2.24) is 5.32 Å². The molecule has 1 N–H and O–H groups in total. The summed E-state index contributed by atoms with van der Waals surface area (Å²) in [4.78, 5) is 40.5. The van der Waals surface area contributed by atoms with Crippen LogP contribution in [0, 0.1) is 62.1 Å². The standard InChI is InChI=1S/C35H48N2O4/c1-21-24-7-9-33(5)27(32(24,4)16-22(18-36)30(21)40)15-26(38)29-25-17-31(2,3)11-13-35(25,14-12-34(29,33)6)10-8-28(39)37-23-19-41-20-23/h15-16,21,23-25,29H,7-14,17,19-20H2,1-6H3,(H,37,39). The number of allylic oxidation sites excluding steroid dienone is 4. The largest absolute Gasteiger partial charge is 0.377 e. The van der Waals surface area contributed by atoms with Gasteiger partial charge in [0.1, 0.15) is 6.07 Å². The Morgan fingerprint density at radius 2 is 1.76 bits per heavy atom. The number of nitriles is 1. The number of amides is 1. The van der Waals surface area contributed by atoms with Crippen molar-refractivity contribution in [3.63, 3.8) is 0 Å². The second-order valence-corrected chi connectivity index (χ2v) is 16.1. The van der Waals surface area contributed by atoms with Gasteiger partial charge in [0, 0.05) is 23.7 Å². The molecule has 6 nitrogen and oxygen atoms in total. The lowest BCUT2D eigenvalue weighted by atomic mass is 9.34. The molecule has 6 aliphatic rings. The highest BCUT2D eigenvalue weighted by atomic mass is 16.5. The average molecular weight is 561 g/mol. The summed E-state index contributed by atoms with van der Waals surface area (Å²) in [6, 6.07) is 2.32. The molecule has 8 unspecified atom stereocenters. The highest BCUT2D eigenvalue weighted by molar-refractivity contribution is 6.02. The van der Waals surface area contributed by atoms with Crippen molar-refractivity contribution in [3.8, 4) is 6.07 Å². The summed E-state index contributed by atoms with van der Waals surface area (Å²) in [6.45, 7) is 14.8. The van der Waals surface area contributed by atoms with Crippen LogP contribution >= 0.6 is 0 Å². The molecule has 6 rings (SSSR count). The minimum atomic E-state index is -0.473. The van der Waals surface area contributed by atoms with E-state index in [0.29, 0.717) is 19.6 Å². The molecule has 222 valence electrons. The van der Waals surface area contributed by atoms with Gasteiger partial charge in [-0.25, -0.2) is 0 Å². The number of hydrogen-bond donors (Lipinski definition) is 1. The number of ketones is 2. The molecule has 1 aliphatic heterocycles. The fourth-order valence-electron chi connectivity index (χ4n) is 10.8. The van der Waals surface area contributed by atoms with Gasteiger partial charge in [0.2, 0.25) is 5.91 Å². The molecule has 41 heavy (non-hydrogen) atoms. The molecule has 0 spiro atoms. The van der Waals surface area contributed by atoms with Crippen LogP contribution in [0.3, 0.4) is 0 Å². The lowest BCUT2D eigenvalue weighted by molar-refractivity contribution is -0.171. The van der Waals surface area contributed by atoms with Gasteiger partial charge in [0.25, 0.3) is 0 Å². The van der Waals surface area contributed by atoms with Gasteiger partial charge in [0.05, 0.1) is 24.8 Å². The molecule has 0 bridgehead atoms. The lowest BCUT2D eigenvalue weighted by Crippen LogP contribution is -2.64. The monoisotopic (exact) mass is 560 g/mol. The van der Waals surface area contributed by atoms with E-state index in [1.807, 2.05) is 19.1 Å². The molecule has 1 saturated heterocycles. The predicted octanol–water partition coefficient (Wildman–Crippen LogP) is 6.11. The number of hydrogen-bond acceptors (Lipinski definition) is 5. The van der Waals surface area contributed by atoms with Crippen molar-refractivity contribution in [3.05, 3.63) is 23.3 Å². The van der Waals surface area contributed by atoms with E-state index in [-0.39, 0.29) is 74.4 Å². The number of nitrogens with one attached hydrogen (secondary N) is 1. The first-order valence-corrected chi connectivity index (χ1v) is 16.0. The van der Waals surface area contributed by atoms with Crippen LogP contribution in [0.5, 0.6) is 0 Å². The number of fused-ring (bicyclic) bond motifs is 7. The maximum absolute atomic E-state index is 14.6. The third kappa shape index (κ3) is 4.08. The third-order valence-electron chi connectivity index (χ3n) is 13.5. The first-order chi connectivity index (χ1) is 19.2. The van der Waals surface area contributed by atoms with E-state index >= 15 is 0 Å². The Hall–Kier alpha value is -2.26. The SMILES string of the molecule is CC1C(=O)C(C#N)=CC2(C)C3=CC(=O)C4C5CC(C)(C)CCC5(CCC(=O)NC5COC5)CCC4(C)C3(C)CCC12. The first-order valence-electron chi connectivity index (χ1n) is 16.0. The van der Waals surface area contributed by atoms with Gasteiger partial charge in [-0.1, -0.05) is 53.2 Å². The summed E-state index contributed by atoms with van der Waals surface area (Å²) in [5.41, 5.74) is 0.705. The van der Waals surface area contributed by atoms with Crippen molar-refractivity contribution in [1.29, 1.82) is 5.26 Å². The van der Waals surface area contributed by atoms with Gasteiger partial charge < -0.3 is 10.1 Å². The van der Waals surface area contributed by atoms with E-state index < -0.39 is 5.41 Å². The van der Waals surface area contributed by atoms with Crippen LogP contribution in [0.4, 0.5) is 0 Å². The molecule has 0 aromatic carbocycles. The molecule has 1 heterocycles. The Labute approximate surface area is 245 Å². The summed E-state index contributed by atoms with van der Waals surface area (Å²) >= 11 is 0. The fourth-order valence-corrected chi connectivity index (χ4v) is 10.8. The molecule has 0 radical (unpaired) electrons. The van der Waals surface area contributed by atoms with Gasteiger partial charge in [0.15, 0.2) is 11.6 Å². The topological polar surface area (TPSA) is 96.3 Å². The van der Waals surface area contributed by atoms with Crippen molar-refractivity contribution in [2.45, 2.75) is 105 Å². The van der Waals surface area contributed by atoms with Gasteiger partial charge in [-0.15, -0.1) is 0 Å². The number of ether oxygens (including phenoxy) is 1. The maximum Gasteiger partial charge on any atom is 0.220 e. The normalized spacial score (nSPS) is 45.0. The first kappa shape index (κ1) is 28.8. The predicted molar refractivity (Wildman–Crippen MR) is 156 cm³/mol. The van der Waals surface area contributed by atoms with Crippen LogP contribution in [-0.2, 0) is 19.1 Å². The summed E-state index contributed by atoms with van der Waals surface area (Å²) in [6.07, 6.45) is 12.4. The van der Waals surface area contributed by atoms with E-state index in [0.717, 1.165) is 56.9 Å². The molecule has 5 aliphatic carbocycles. The Bertz CT molecular complexity index is 1290. The van der Waals surface area contributed by atoms with Crippen LogP contribution in [0.1, 0.15) is 99.3 Å². The number of nitrogens with zero attached hydrogens (tertiary/aromatic N) is 1. The Morgan fingerprint density at radius 3 is 2.41 bits per heavy atom. The zero-order valence-electron chi connectivity index (χ0n) is 25.9. The van der Waals surface area contributed by atoms with Crippen LogP contribution in [0.15, 0.2) is 23.3 Å². The molecular weight excluding hydrogens is 512 g/mol. The molecule has 1 amide bonds. The number of Topliss-reactive ketones (excluding diaryl/α,β-unsaturated/α-hetero) is 1. The van der Waals surface area contributed by atoms with Crippen molar-refractivity contribution in [2.75, 3.05) is 13.2 Å². The molecule has 0 aromatic heterocycles. The highest BCUT2D eigenvalue weighted by Gasteiger charge is 2.68. The third-order valence-corrected chi connectivity index (χ3v) is 13.5. The summed E-state index contributed by atoms with van der Waals surface area (Å²) in [5, 5.41) is 13.0. The highest BCUT2D eigenvalue weighted by Crippen LogP contribution is 2.74. The molecule has 4 fully saturated rings. The van der Waals surface area contributed by atoms with Gasteiger partial charge in [-0.2, -0.15) is 5.26 Å². The van der Waals surface area contributed by atoms with Crippen LogP contribution in [-0.4, -0.2) is 36.7 Å². The zero-order chi connectivity index (χ0) is 29.6. The van der Waals surface area contributed by atoms with Gasteiger partial charge in [-0.05, 0) is 90.9 Å². The van der Waals surface area contributed by atoms with Gasteiger partial charge in [-0.3, -0.25) is 14.4 Å². The lowest BCUT2D eigenvalue weighted by Gasteiger charge is -2.69. The Balaban J connectivity index is 1.39. The number of carbonyl (C=O) groups excluding carboxylic acids is 3. The van der Waals surface area contributed by atoms with E-state index in [1.165, 1.54) is 0 Å². The van der Waals surface area contributed by atoms with Crippen LogP contribution < -0.4 is 5.32 Å². The second-order valence-electron chi connectivity index (χ2n) is 16.1. The zero-order valence-corrected chi connectivity index (χ0v) is 25.9. The fraction of sp³-hybridized carbons (Fsp3) is 0.771. The van der Waals surface area contributed by atoms with E-state index in [2.05, 4.69) is 46.0 Å². The average Bonchev–Trinajstić information content (AvgIpc) is 2.89. The molecule has 6 heteroatoms. The van der Waals surface area contributed by atoms with Gasteiger partial charge >= 0.3 is 0 Å². The molecule has 3 saturated carbocycles. The molecular formula is C35H48N2O4. The quantitative estimate of drug-likeness (QED) is 0.447. The van der Waals surface area contributed by atoms with E-state index in [4.69, 9.17) is 4.74 Å². The minimum Gasteiger partial charge on any atom is -0.377 e. The van der Waals surface area contributed by atoms with E-state index in [1.54, 1.807) is 0 Å².